The van der Waals surface area contributed by atoms with Gasteiger partial charge < -0.3 is 10.6 Å². The molecule has 1 aromatic rings. The summed E-state index contributed by atoms with van der Waals surface area (Å²) in [7, 11) is 0. The molecular formula is C15H18N2O. The lowest BCUT2D eigenvalue weighted by molar-refractivity contribution is 0.249. The second-order valence-electron chi connectivity index (χ2n) is 5.24. The number of benzene rings is 1. The molecule has 2 aliphatic carbocycles. The van der Waals surface area contributed by atoms with Crippen LogP contribution in [0.3, 0.4) is 0 Å². The van der Waals surface area contributed by atoms with Gasteiger partial charge in [-0.2, -0.15) is 0 Å². The molecule has 1 saturated carbocycles. The standard InChI is InChI=1S/C15H18N2O/c18-15(17-14-4-2-1-3-5-14)16-10-13-9-11-6-7-12(13)8-11/h1-7,11-13H,8-10H2,(H2,16,17,18)/t11-,12-,13+/m0/s1. The van der Waals surface area contributed by atoms with Gasteiger partial charge in [0.05, 0.1) is 0 Å². The summed E-state index contributed by atoms with van der Waals surface area (Å²) in [6, 6.07) is 9.43. The highest BCUT2D eigenvalue weighted by molar-refractivity contribution is 5.89. The molecule has 1 fully saturated rings. The van der Waals surface area contributed by atoms with Gasteiger partial charge in [-0.15, -0.1) is 0 Å². The molecular weight excluding hydrogens is 224 g/mol. The summed E-state index contributed by atoms with van der Waals surface area (Å²) >= 11 is 0. The average molecular weight is 242 g/mol. The third-order valence-electron chi connectivity index (χ3n) is 3.97. The van der Waals surface area contributed by atoms with E-state index in [-0.39, 0.29) is 6.03 Å². The molecule has 1 aromatic carbocycles. The van der Waals surface area contributed by atoms with Crippen molar-refractivity contribution < 1.29 is 4.79 Å². The molecule has 3 nitrogen and oxygen atoms in total. The maximum atomic E-state index is 11.7. The monoisotopic (exact) mass is 242 g/mol. The van der Waals surface area contributed by atoms with Crippen molar-refractivity contribution in [1.29, 1.82) is 0 Å². The Balaban J connectivity index is 1.46. The van der Waals surface area contributed by atoms with Crippen molar-refractivity contribution in [2.75, 3.05) is 11.9 Å². The summed E-state index contributed by atoms with van der Waals surface area (Å²) in [5, 5.41) is 5.82. The Kier molecular flexibility index (Phi) is 3.05. The fourth-order valence-electron chi connectivity index (χ4n) is 3.05. The molecule has 2 aliphatic rings. The van der Waals surface area contributed by atoms with E-state index in [0.29, 0.717) is 11.8 Å². The number of nitrogens with one attached hydrogen (secondary N) is 2. The highest BCUT2D eigenvalue weighted by Gasteiger charge is 2.35. The van der Waals surface area contributed by atoms with E-state index in [2.05, 4.69) is 22.8 Å². The summed E-state index contributed by atoms with van der Waals surface area (Å²) in [6.45, 7) is 0.782. The lowest BCUT2D eigenvalue weighted by Crippen LogP contribution is -2.34. The molecule has 0 spiro atoms. The zero-order valence-electron chi connectivity index (χ0n) is 10.3. The molecule has 0 aliphatic heterocycles. The van der Waals surface area contributed by atoms with E-state index in [1.165, 1.54) is 12.8 Å². The number of para-hydroxylation sites is 1. The van der Waals surface area contributed by atoms with Crippen LogP contribution in [0.4, 0.5) is 10.5 Å². The van der Waals surface area contributed by atoms with Gasteiger partial charge >= 0.3 is 6.03 Å². The zero-order valence-corrected chi connectivity index (χ0v) is 10.3. The molecule has 0 heterocycles. The zero-order chi connectivity index (χ0) is 12.4. The number of urea groups is 1. The quantitative estimate of drug-likeness (QED) is 0.786. The molecule has 0 radical (unpaired) electrons. The topological polar surface area (TPSA) is 41.1 Å². The van der Waals surface area contributed by atoms with Crippen molar-refractivity contribution in [3.63, 3.8) is 0 Å². The normalized spacial score (nSPS) is 28.3. The minimum absolute atomic E-state index is 0.104. The van der Waals surface area contributed by atoms with Crippen LogP contribution in [0.1, 0.15) is 12.8 Å². The van der Waals surface area contributed by atoms with Crippen LogP contribution in [0, 0.1) is 17.8 Å². The molecule has 3 atom stereocenters. The Bertz CT molecular complexity index is 455. The van der Waals surface area contributed by atoms with Crippen molar-refractivity contribution in [3.8, 4) is 0 Å². The molecule has 18 heavy (non-hydrogen) atoms. The number of rotatable bonds is 3. The number of allylic oxidation sites excluding steroid dienone is 2. The van der Waals surface area contributed by atoms with E-state index in [0.717, 1.165) is 18.2 Å². The van der Waals surface area contributed by atoms with Gasteiger partial charge in [-0.25, -0.2) is 4.79 Å². The molecule has 94 valence electrons. The van der Waals surface area contributed by atoms with Crippen LogP contribution >= 0.6 is 0 Å². The highest BCUT2D eigenvalue weighted by atomic mass is 16.2. The molecule has 2 bridgehead atoms. The molecule has 0 unspecified atom stereocenters. The number of fused-ring (bicyclic) bond motifs is 2. The summed E-state index contributed by atoms with van der Waals surface area (Å²) in [4.78, 5) is 11.7. The van der Waals surface area contributed by atoms with Crippen molar-refractivity contribution in [1.82, 2.24) is 5.32 Å². The molecule has 3 heteroatoms. The molecule has 2 amide bonds. The highest BCUT2D eigenvalue weighted by Crippen LogP contribution is 2.42. The average Bonchev–Trinajstić information content (AvgIpc) is 3.00. The summed E-state index contributed by atoms with van der Waals surface area (Å²) < 4.78 is 0. The molecule has 3 rings (SSSR count). The Hall–Kier alpha value is -1.77. The smallest absolute Gasteiger partial charge is 0.319 e. The summed E-state index contributed by atoms with van der Waals surface area (Å²) in [6.07, 6.45) is 7.15. The minimum atomic E-state index is -0.104. The van der Waals surface area contributed by atoms with Crippen molar-refractivity contribution in [2.24, 2.45) is 17.8 Å². The van der Waals surface area contributed by atoms with Gasteiger partial charge in [0.1, 0.15) is 0 Å². The number of hydrogen-bond donors (Lipinski definition) is 2. The van der Waals surface area contributed by atoms with Crippen LogP contribution in [-0.4, -0.2) is 12.6 Å². The Morgan fingerprint density at radius 2 is 2.00 bits per heavy atom. The van der Waals surface area contributed by atoms with E-state index >= 15 is 0 Å². The third kappa shape index (κ3) is 2.40. The first-order valence-electron chi connectivity index (χ1n) is 6.59. The second-order valence-corrected chi connectivity index (χ2v) is 5.24. The fourth-order valence-corrected chi connectivity index (χ4v) is 3.05. The Morgan fingerprint density at radius 1 is 1.17 bits per heavy atom. The van der Waals surface area contributed by atoms with Crippen LogP contribution < -0.4 is 10.6 Å². The summed E-state index contributed by atoms with van der Waals surface area (Å²) in [5.74, 6) is 2.08. The number of carbonyl (C=O) groups is 1. The molecule has 0 saturated heterocycles. The van der Waals surface area contributed by atoms with Gasteiger partial charge in [-0.3, -0.25) is 0 Å². The lowest BCUT2D eigenvalue weighted by Gasteiger charge is -2.18. The number of hydrogen-bond acceptors (Lipinski definition) is 1. The maximum absolute atomic E-state index is 11.7. The summed E-state index contributed by atoms with van der Waals surface area (Å²) in [5.41, 5.74) is 0.836. The van der Waals surface area contributed by atoms with Crippen LogP contribution in [0.25, 0.3) is 0 Å². The predicted octanol–water partition coefficient (Wildman–Crippen LogP) is 3.02. The minimum Gasteiger partial charge on any atom is -0.338 e. The van der Waals surface area contributed by atoms with Gasteiger partial charge in [0.2, 0.25) is 0 Å². The maximum Gasteiger partial charge on any atom is 0.319 e. The van der Waals surface area contributed by atoms with Crippen molar-refractivity contribution in [3.05, 3.63) is 42.5 Å². The first-order valence-corrected chi connectivity index (χ1v) is 6.59. The van der Waals surface area contributed by atoms with Gasteiger partial charge in [0.15, 0.2) is 0 Å². The predicted molar refractivity (Wildman–Crippen MR) is 72.3 cm³/mol. The van der Waals surface area contributed by atoms with Gasteiger partial charge in [0.25, 0.3) is 0 Å². The number of carbonyl (C=O) groups excluding carboxylic acids is 1. The van der Waals surface area contributed by atoms with Gasteiger partial charge in [-0.05, 0) is 42.7 Å². The van der Waals surface area contributed by atoms with Crippen LogP contribution in [0.5, 0.6) is 0 Å². The largest absolute Gasteiger partial charge is 0.338 e. The van der Waals surface area contributed by atoms with Gasteiger partial charge in [0, 0.05) is 12.2 Å². The van der Waals surface area contributed by atoms with Crippen molar-refractivity contribution >= 4 is 11.7 Å². The first-order chi connectivity index (χ1) is 8.81. The molecule has 0 aromatic heterocycles. The first kappa shape index (κ1) is 11.3. The van der Waals surface area contributed by atoms with E-state index in [4.69, 9.17) is 0 Å². The van der Waals surface area contributed by atoms with Crippen LogP contribution in [0.2, 0.25) is 0 Å². The van der Waals surface area contributed by atoms with E-state index in [9.17, 15) is 4.79 Å². The number of anilines is 1. The molecule has 2 N–H and O–H groups in total. The Morgan fingerprint density at radius 3 is 2.67 bits per heavy atom. The van der Waals surface area contributed by atoms with Crippen molar-refractivity contribution in [2.45, 2.75) is 12.8 Å². The lowest BCUT2D eigenvalue weighted by atomic mass is 9.94. The van der Waals surface area contributed by atoms with Crippen LogP contribution in [-0.2, 0) is 0 Å². The van der Waals surface area contributed by atoms with E-state index < -0.39 is 0 Å². The van der Waals surface area contributed by atoms with E-state index in [1.807, 2.05) is 30.3 Å². The third-order valence-corrected chi connectivity index (χ3v) is 3.97. The SMILES string of the molecule is O=C(NC[C@H]1C[C@H]2C=C[C@H]1C2)Nc1ccccc1. The Labute approximate surface area is 107 Å². The van der Waals surface area contributed by atoms with Crippen LogP contribution in [0.15, 0.2) is 42.5 Å². The second kappa shape index (κ2) is 4.84. The fraction of sp³-hybridized carbons (Fsp3) is 0.400. The van der Waals surface area contributed by atoms with E-state index in [1.54, 1.807) is 0 Å². The number of amides is 2. The van der Waals surface area contributed by atoms with Gasteiger partial charge in [-0.1, -0.05) is 30.4 Å².